The molecule has 1 aromatic rings. The lowest BCUT2D eigenvalue weighted by atomic mass is 10.0. The van der Waals surface area contributed by atoms with Gasteiger partial charge in [0.1, 0.15) is 0 Å². The van der Waals surface area contributed by atoms with Gasteiger partial charge in [0, 0.05) is 13.2 Å². The van der Waals surface area contributed by atoms with Crippen LogP contribution in [-0.4, -0.2) is 18.6 Å². The van der Waals surface area contributed by atoms with E-state index in [2.05, 4.69) is 37.0 Å². The van der Waals surface area contributed by atoms with Crippen LogP contribution in [0.4, 0.5) is 5.69 Å². The van der Waals surface area contributed by atoms with Crippen LogP contribution in [0, 0.1) is 12.8 Å². The third-order valence-electron chi connectivity index (χ3n) is 4.13. The van der Waals surface area contributed by atoms with Gasteiger partial charge in [-0.2, -0.15) is 0 Å². The van der Waals surface area contributed by atoms with Crippen LogP contribution in [0.15, 0.2) is 24.8 Å². The summed E-state index contributed by atoms with van der Waals surface area (Å²) in [6.07, 6.45) is 2.80. The number of nitrogens with one attached hydrogen (secondary N) is 1. The van der Waals surface area contributed by atoms with Gasteiger partial charge in [-0.15, -0.1) is 0 Å². The molecule has 0 radical (unpaired) electrons. The molecule has 1 aliphatic carbocycles. The summed E-state index contributed by atoms with van der Waals surface area (Å²) in [4.78, 5) is 11.8. The molecule has 3 heteroatoms. The van der Waals surface area contributed by atoms with Crippen molar-refractivity contribution >= 4 is 17.2 Å². The minimum atomic E-state index is -0.0452. The predicted molar refractivity (Wildman–Crippen MR) is 89.4 cm³/mol. The second kappa shape index (κ2) is 6.79. The number of aryl methyl sites for hydroxylation is 1. The Bertz CT molecular complexity index is 542. The summed E-state index contributed by atoms with van der Waals surface area (Å²) in [5.41, 5.74) is 4.62. The molecule has 0 bridgehead atoms. The molecule has 0 heterocycles. The Hall–Kier alpha value is -1.77. The molecule has 1 fully saturated rings. The average molecular weight is 289 g/mol. The van der Waals surface area contributed by atoms with Gasteiger partial charge in [0.05, 0.1) is 12.5 Å². The fraction of sp³-hybridized carbons (Fsp3) is 0.500. The second-order valence-corrected chi connectivity index (χ2v) is 5.91. The molecule has 0 unspecified atom stereocenters. The molecule has 0 amide bonds. The maximum Gasteiger partial charge on any atom is 0.308 e. The van der Waals surface area contributed by atoms with Crippen molar-refractivity contribution in [3.8, 4) is 0 Å². The maximum absolute atomic E-state index is 11.8. The van der Waals surface area contributed by atoms with Gasteiger partial charge in [-0.1, -0.05) is 18.2 Å². The van der Waals surface area contributed by atoms with Gasteiger partial charge < -0.3 is 10.1 Å². The molecule has 0 saturated heterocycles. The number of carbonyl (C=O) groups is 1. The third-order valence-corrected chi connectivity index (χ3v) is 4.13. The zero-order valence-electron chi connectivity index (χ0n) is 13.2. The standard InChI is InChI=1S/C18H25NO2.H2/c1-5-21-18(20)15-6-8-16(11-15)19-17-9-7-14(12(2)3)10-13(17)4;/h7,9-10,15-16,19H,2,5-6,8,11H2,1,3-4H3;1H/t15-,16+;/m1./s1. The molecule has 0 aromatic heterocycles. The number of benzene rings is 1. The monoisotopic (exact) mass is 289 g/mol. The largest absolute Gasteiger partial charge is 0.466 e. The molecule has 0 spiro atoms. The van der Waals surface area contributed by atoms with Crippen molar-refractivity contribution in [2.24, 2.45) is 5.92 Å². The fourth-order valence-corrected chi connectivity index (χ4v) is 2.90. The highest BCUT2D eigenvalue weighted by molar-refractivity contribution is 5.73. The molecule has 1 N–H and O–H groups in total. The van der Waals surface area contributed by atoms with Gasteiger partial charge in [-0.3, -0.25) is 4.79 Å². The Morgan fingerprint density at radius 3 is 2.86 bits per heavy atom. The molecule has 2 rings (SSSR count). The normalized spacial score (nSPS) is 21.1. The van der Waals surface area contributed by atoms with Gasteiger partial charge >= 0.3 is 5.97 Å². The molecule has 3 nitrogen and oxygen atoms in total. The topological polar surface area (TPSA) is 38.3 Å². The summed E-state index contributed by atoms with van der Waals surface area (Å²) in [5.74, 6) is 0.00796. The summed E-state index contributed by atoms with van der Waals surface area (Å²) >= 11 is 0. The zero-order valence-corrected chi connectivity index (χ0v) is 13.2. The predicted octanol–water partition coefficient (Wildman–Crippen LogP) is 4.42. The molecular weight excluding hydrogens is 262 g/mol. The van der Waals surface area contributed by atoms with Crippen molar-refractivity contribution in [1.29, 1.82) is 0 Å². The van der Waals surface area contributed by atoms with E-state index >= 15 is 0 Å². The Labute approximate surface area is 128 Å². The maximum atomic E-state index is 11.8. The first-order chi connectivity index (χ1) is 10.0. The Morgan fingerprint density at radius 2 is 2.24 bits per heavy atom. The summed E-state index contributed by atoms with van der Waals surface area (Å²) < 4.78 is 5.11. The summed E-state index contributed by atoms with van der Waals surface area (Å²) in [5, 5.41) is 3.56. The van der Waals surface area contributed by atoms with Crippen LogP contribution >= 0.6 is 0 Å². The van der Waals surface area contributed by atoms with E-state index in [0.29, 0.717) is 12.6 Å². The smallest absolute Gasteiger partial charge is 0.308 e. The first-order valence-corrected chi connectivity index (χ1v) is 7.71. The van der Waals surface area contributed by atoms with Crippen molar-refractivity contribution in [3.05, 3.63) is 35.9 Å². The van der Waals surface area contributed by atoms with Gasteiger partial charge in [0.25, 0.3) is 0 Å². The molecular formula is C18H27NO2. The number of hydrogen-bond acceptors (Lipinski definition) is 3. The van der Waals surface area contributed by atoms with Crippen LogP contribution < -0.4 is 5.32 Å². The molecule has 1 saturated carbocycles. The average Bonchev–Trinajstić information content (AvgIpc) is 2.90. The minimum absolute atomic E-state index is 0. The molecule has 2 atom stereocenters. The number of allylic oxidation sites excluding steroid dienone is 1. The van der Waals surface area contributed by atoms with E-state index in [0.717, 1.165) is 30.5 Å². The highest BCUT2D eigenvalue weighted by Crippen LogP contribution is 2.30. The number of ether oxygens (including phenoxy) is 1. The van der Waals surface area contributed by atoms with Crippen molar-refractivity contribution in [2.75, 3.05) is 11.9 Å². The number of carbonyl (C=O) groups excluding carboxylic acids is 1. The Morgan fingerprint density at radius 1 is 1.48 bits per heavy atom. The van der Waals surface area contributed by atoms with Gasteiger partial charge in [-0.05, 0) is 63.3 Å². The number of rotatable bonds is 5. The van der Waals surface area contributed by atoms with Crippen LogP contribution in [0.5, 0.6) is 0 Å². The quantitative estimate of drug-likeness (QED) is 0.816. The van der Waals surface area contributed by atoms with Crippen LogP contribution in [0.25, 0.3) is 5.57 Å². The van der Waals surface area contributed by atoms with Crippen molar-refractivity contribution in [2.45, 2.75) is 46.1 Å². The minimum Gasteiger partial charge on any atom is -0.466 e. The van der Waals surface area contributed by atoms with Gasteiger partial charge in [0.15, 0.2) is 0 Å². The lowest BCUT2D eigenvalue weighted by Crippen LogP contribution is -2.20. The van der Waals surface area contributed by atoms with Gasteiger partial charge in [0.2, 0.25) is 0 Å². The van der Waals surface area contributed by atoms with Crippen LogP contribution in [0.1, 0.15) is 45.7 Å². The fourth-order valence-electron chi connectivity index (χ4n) is 2.90. The first kappa shape index (κ1) is 15.6. The van der Waals surface area contributed by atoms with E-state index in [4.69, 9.17) is 4.74 Å². The highest BCUT2D eigenvalue weighted by atomic mass is 16.5. The van der Waals surface area contributed by atoms with E-state index in [1.807, 2.05) is 13.8 Å². The van der Waals surface area contributed by atoms with Crippen molar-refractivity contribution in [3.63, 3.8) is 0 Å². The summed E-state index contributed by atoms with van der Waals surface area (Å²) in [7, 11) is 0. The lowest BCUT2D eigenvalue weighted by molar-refractivity contribution is -0.147. The van der Waals surface area contributed by atoms with Crippen LogP contribution in [-0.2, 0) is 9.53 Å². The van der Waals surface area contributed by atoms with E-state index in [1.165, 1.54) is 11.1 Å². The summed E-state index contributed by atoms with van der Waals surface area (Å²) in [6, 6.07) is 6.71. The number of esters is 1. The Balaban J connectivity index is 0.00000242. The Kier molecular flexibility index (Phi) is 5.05. The van der Waals surface area contributed by atoms with Crippen molar-refractivity contribution in [1.82, 2.24) is 0 Å². The number of hydrogen-bond donors (Lipinski definition) is 1. The van der Waals surface area contributed by atoms with Crippen LogP contribution in [0.3, 0.4) is 0 Å². The van der Waals surface area contributed by atoms with Crippen molar-refractivity contribution < 1.29 is 11.0 Å². The van der Waals surface area contributed by atoms with Crippen LogP contribution in [0.2, 0.25) is 0 Å². The molecule has 116 valence electrons. The van der Waals surface area contributed by atoms with E-state index in [9.17, 15) is 4.79 Å². The first-order valence-electron chi connectivity index (χ1n) is 7.71. The molecule has 21 heavy (non-hydrogen) atoms. The molecule has 1 aromatic carbocycles. The lowest BCUT2D eigenvalue weighted by Gasteiger charge is -2.17. The third kappa shape index (κ3) is 3.87. The van der Waals surface area contributed by atoms with E-state index in [-0.39, 0.29) is 13.3 Å². The molecule has 1 aliphatic rings. The second-order valence-electron chi connectivity index (χ2n) is 5.91. The summed E-state index contributed by atoms with van der Waals surface area (Å²) in [6.45, 7) is 10.4. The van der Waals surface area contributed by atoms with E-state index in [1.54, 1.807) is 0 Å². The highest BCUT2D eigenvalue weighted by Gasteiger charge is 2.30. The molecule has 0 aliphatic heterocycles. The SMILES string of the molecule is C=C(C)c1ccc(N[C@H]2CC[C@@H](C(=O)OCC)C2)c(C)c1.[HH]. The number of anilines is 1. The zero-order chi connectivity index (χ0) is 15.4. The van der Waals surface area contributed by atoms with E-state index < -0.39 is 0 Å². The van der Waals surface area contributed by atoms with Gasteiger partial charge in [-0.25, -0.2) is 0 Å².